The van der Waals surface area contributed by atoms with E-state index in [1.54, 1.807) is 18.2 Å². The van der Waals surface area contributed by atoms with Gasteiger partial charge in [-0.25, -0.2) is 4.79 Å². The molecule has 0 spiro atoms. The van der Waals surface area contributed by atoms with Crippen molar-refractivity contribution >= 4 is 45.6 Å². The number of halogens is 1. The highest BCUT2D eigenvalue weighted by Crippen LogP contribution is 2.35. The topological polar surface area (TPSA) is 136 Å². The first-order valence-electron chi connectivity index (χ1n) is 11.7. The van der Waals surface area contributed by atoms with E-state index in [1.807, 2.05) is 25.9 Å². The summed E-state index contributed by atoms with van der Waals surface area (Å²) in [7, 11) is 6.52. The van der Waals surface area contributed by atoms with Crippen LogP contribution < -0.4 is 26.0 Å². The van der Waals surface area contributed by atoms with Gasteiger partial charge in [0.1, 0.15) is 18.0 Å². The number of hydrogen-bond donors (Lipinski definition) is 2. The lowest BCUT2D eigenvalue weighted by atomic mass is 10.1. The van der Waals surface area contributed by atoms with Gasteiger partial charge in [-0.15, -0.1) is 0 Å². The fraction of sp³-hybridized carbons (Fsp3) is 0.346. The molecule has 1 aromatic heterocycles. The third-order valence-corrected chi connectivity index (χ3v) is 6.50. The molecule has 3 rings (SSSR count). The third-order valence-electron chi connectivity index (χ3n) is 6.20. The van der Waals surface area contributed by atoms with Crippen LogP contribution in [0.2, 0.25) is 5.02 Å². The van der Waals surface area contributed by atoms with Gasteiger partial charge in [-0.05, 0) is 39.2 Å². The molecular formula is C26H30ClN5O6. The SMILES string of the molecule is COc1cc(OC)c(NC(=O)Cn2c(=O)n(CC(=O)C(=N)C[C@@H](C)N(C)C)c(=O)c3ccccc32)cc1Cl. The Morgan fingerprint density at radius 1 is 1.05 bits per heavy atom. The van der Waals surface area contributed by atoms with Gasteiger partial charge >= 0.3 is 5.69 Å². The van der Waals surface area contributed by atoms with E-state index in [0.717, 1.165) is 9.13 Å². The van der Waals surface area contributed by atoms with Crippen LogP contribution in [0.1, 0.15) is 13.3 Å². The Morgan fingerprint density at radius 3 is 2.34 bits per heavy atom. The molecule has 202 valence electrons. The first kappa shape index (κ1) is 28.6. The number of ether oxygens (including phenoxy) is 2. The molecular weight excluding hydrogens is 514 g/mol. The second kappa shape index (κ2) is 12.1. The highest BCUT2D eigenvalue weighted by Gasteiger charge is 2.21. The van der Waals surface area contributed by atoms with E-state index in [0.29, 0.717) is 5.75 Å². The highest BCUT2D eigenvalue weighted by molar-refractivity contribution is 6.38. The molecule has 11 nitrogen and oxygen atoms in total. The van der Waals surface area contributed by atoms with E-state index in [1.165, 1.54) is 32.4 Å². The lowest BCUT2D eigenvalue weighted by Gasteiger charge is -2.19. The number of fused-ring (bicyclic) bond motifs is 1. The molecule has 2 N–H and O–H groups in total. The summed E-state index contributed by atoms with van der Waals surface area (Å²) in [5, 5.41) is 11.2. The number of nitrogens with zero attached hydrogens (tertiary/aromatic N) is 3. The van der Waals surface area contributed by atoms with E-state index < -0.39 is 36.0 Å². The van der Waals surface area contributed by atoms with Crippen LogP contribution in [0.5, 0.6) is 11.5 Å². The molecule has 3 aromatic rings. The van der Waals surface area contributed by atoms with Gasteiger partial charge in [0.05, 0.1) is 48.1 Å². The molecule has 0 saturated carbocycles. The average molecular weight is 544 g/mol. The lowest BCUT2D eigenvalue weighted by Crippen LogP contribution is -2.44. The Hall–Kier alpha value is -3.96. The van der Waals surface area contributed by atoms with Crippen molar-refractivity contribution in [3.05, 3.63) is 62.3 Å². The van der Waals surface area contributed by atoms with Crippen molar-refractivity contribution in [1.29, 1.82) is 5.41 Å². The molecule has 0 bridgehead atoms. The molecule has 1 amide bonds. The zero-order chi connectivity index (χ0) is 28.1. The van der Waals surface area contributed by atoms with Crippen LogP contribution in [0.4, 0.5) is 5.69 Å². The lowest BCUT2D eigenvalue weighted by molar-refractivity contribution is -0.116. The number of amides is 1. The normalized spacial score (nSPS) is 11.9. The first-order valence-corrected chi connectivity index (χ1v) is 12.1. The molecule has 1 heterocycles. The summed E-state index contributed by atoms with van der Waals surface area (Å²) < 4.78 is 12.3. The van der Waals surface area contributed by atoms with Crippen LogP contribution >= 0.6 is 11.6 Å². The van der Waals surface area contributed by atoms with Crippen LogP contribution in [0.25, 0.3) is 10.9 Å². The van der Waals surface area contributed by atoms with Crippen molar-refractivity contribution in [1.82, 2.24) is 14.0 Å². The van der Waals surface area contributed by atoms with Crippen LogP contribution in [0.15, 0.2) is 46.0 Å². The quantitative estimate of drug-likeness (QED) is 0.354. The molecule has 0 radical (unpaired) electrons. The molecule has 0 aliphatic carbocycles. The van der Waals surface area contributed by atoms with E-state index in [-0.39, 0.29) is 45.5 Å². The second-order valence-corrected chi connectivity index (χ2v) is 9.34. The van der Waals surface area contributed by atoms with Gasteiger partial charge in [-0.3, -0.25) is 23.5 Å². The number of methoxy groups -OCH3 is 2. The summed E-state index contributed by atoms with van der Waals surface area (Å²) in [6.45, 7) is 0.793. The minimum atomic E-state index is -0.842. The Kier molecular flexibility index (Phi) is 9.08. The number of anilines is 1. The van der Waals surface area contributed by atoms with Crippen molar-refractivity contribution < 1.29 is 19.1 Å². The average Bonchev–Trinajstić information content (AvgIpc) is 2.88. The van der Waals surface area contributed by atoms with E-state index in [4.69, 9.17) is 26.5 Å². The molecule has 0 fully saturated rings. The predicted octanol–water partition coefficient (Wildman–Crippen LogP) is 2.40. The Bertz CT molecular complexity index is 1510. The zero-order valence-electron chi connectivity index (χ0n) is 21.8. The number of aromatic nitrogens is 2. The monoisotopic (exact) mass is 543 g/mol. The number of carbonyl (C=O) groups excluding carboxylic acids is 2. The van der Waals surface area contributed by atoms with Crippen LogP contribution in [-0.2, 0) is 22.7 Å². The predicted molar refractivity (Wildman–Crippen MR) is 146 cm³/mol. The molecule has 0 aliphatic heterocycles. The summed E-state index contributed by atoms with van der Waals surface area (Å²) in [5.74, 6) is -0.605. The van der Waals surface area contributed by atoms with Gasteiger partial charge in [-0.2, -0.15) is 0 Å². The number of hydrogen-bond acceptors (Lipinski definition) is 8. The minimum absolute atomic E-state index is 0.0800. The molecule has 0 saturated heterocycles. The number of ketones is 1. The maximum Gasteiger partial charge on any atom is 0.332 e. The number of nitrogens with one attached hydrogen (secondary N) is 2. The summed E-state index contributed by atoms with van der Waals surface area (Å²) in [6, 6.07) is 9.20. The molecule has 0 aliphatic rings. The molecule has 1 atom stereocenters. The Labute approximate surface area is 224 Å². The Balaban J connectivity index is 1.97. The van der Waals surface area contributed by atoms with Crippen molar-refractivity contribution in [3.63, 3.8) is 0 Å². The summed E-state index contributed by atoms with van der Waals surface area (Å²) in [4.78, 5) is 54.2. The maximum atomic E-state index is 13.4. The number of para-hydroxylation sites is 1. The van der Waals surface area contributed by atoms with Crippen molar-refractivity contribution in [2.45, 2.75) is 32.5 Å². The molecule has 0 unspecified atom stereocenters. The smallest absolute Gasteiger partial charge is 0.332 e. The number of Topliss-reactive ketones (excluding diaryl/α,β-unsaturated/α-hetero) is 1. The van der Waals surface area contributed by atoms with Crippen molar-refractivity contribution in [2.24, 2.45) is 0 Å². The third kappa shape index (κ3) is 6.12. The van der Waals surface area contributed by atoms with Gasteiger partial charge < -0.3 is 25.1 Å². The van der Waals surface area contributed by atoms with Crippen LogP contribution in [0, 0.1) is 5.41 Å². The summed E-state index contributed by atoms with van der Waals surface area (Å²) >= 11 is 6.19. The van der Waals surface area contributed by atoms with Gasteiger partial charge in [0, 0.05) is 18.5 Å². The Morgan fingerprint density at radius 2 is 1.71 bits per heavy atom. The van der Waals surface area contributed by atoms with E-state index >= 15 is 0 Å². The number of benzene rings is 2. The number of rotatable bonds is 11. The molecule has 2 aromatic carbocycles. The summed E-state index contributed by atoms with van der Waals surface area (Å²) in [6.07, 6.45) is 0.164. The van der Waals surface area contributed by atoms with E-state index in [2.05, 4.69) is 5.32 Å². The fourth-order valence-electron chi connectivity index (χ4n) is 3.79. The maximum absolute atomic E-state index is 13.4. The first-order chi connectivity index (χ1) is 18.0. The van der Waals surface area contributed by atoms with Crippen molar-refractivity contribution in [3.8, 4) is 11.5 Å². The van der Waals surface area contributed by atoms with Crippen LogP contribution in [0.3, 0.4) is 0 Å². The molecule has 12 heteroatoms. The van der Waals surface area contributed by atoms with Crippen molar-refractivity contribution in [2.75, 3.05) is 33.6 Å². The minimum Gasteiger partial charge on any atom is -0.495 e. The van der Waals surface area contributed by atoms with Gasteiger partial charge in [0.15, 0.2) is 5.78 Å². The second-order valence-electron chi connectivity index (χ2n) is 8.93. The largest absolute Gasteiger partial charge is 0.495 e. The summed E-state index contributed by atoms with van der Waals surface area (Å²) in [5.41, 5.74) is -1.22. The van der Waals surface area contributed by atoms with Crippen LogP contribution in [-0.4, -0.2) is 65.8 Å². The molecule has 38 heavy (non-hydrogen) atoms. The highest BCUT2D eigenvalue weighted by atomic mass is 35.5. The number of carbonyl (C=O) groups is 2. The van der Waals surface area contributed by atoms with Gasteiger partial charge in [0.2, 0.25) is 5.91 Å². The van der Waals surface area contributed by atoms with E-state index in [9.17, 15) is 19.2 Å². The standard InChI is InChI=1S/C26H30ClN5O6/c1-15(30(2)3)10-18(28)21(33)13-32-25(35)16-8-6-7-9-20(16)31(26(32)36)14-24(34)29-19-11-17(27)22(37-4)12-23(19)38-5/h6-9,11-12,15,28H,10,13-14H2,1-5H3,(H,29,34)/t15-/m1/s1. The zero-order valence-corrected chi connectivity index (χ0v) is 22.6. The fourth-order valence-corrected chi connectivity index (χ4v) is 4.03. The van der Waals surface area contributed by atoms with Gasteiger partial charge in [0.25, 0.3) is 5.56 Å². The van der Waals surface area contributed by atoms with Gasteiger partial charge in [-0.1, -0.05) is 23.7 Å².